The minimum Gasteiger partial charge on any atom is -0.508 e. The highest BCUT2D eigenvalue weighted by molar-refractivity contribution is 5.78. The molecule has 0 spiro atoms. The second kappa shape index (κ2) is 13.0. The molecule has 142 valence electrons. The number of aromatic hydroxyl groups is 2. The molecule has 0 amide bonds. The number of aryl methyl sites for hydroxylation is 1. The number of aldehydes is 1. The predicted molar refractivity (Wildman–Crippen MR) is 108 cm³/mol. The number of unbranched alkanes of at least 4 members (excludes halogenated alkanes) is 6. The number of para-hydroxylation sites is 1. The maximum atomic E-state index is 10.3. The van der Waals surface area contributed by atoms with Crippen molar-refractivity contribution in [2.45, 2.75) is 65.2 Å². The van der Waals surface area contributed by atoms with Gasteiger partial charge in [0.15, 0.2) is 0 Å². The van der Waals surface area contributed by atoms with Gasteiger partial charge >= 0.3 is 0 Å². The molecule has 0 atom stereocenters. The van der Waals surface area contributed by atoms with Crippen LogP contribution in [0.4, 0.5) is 0 Å². The smallest absolute Gasteiger partial charge is 0.150 e. The molecule has 0 aromatic heterocycles. The summed E-state index contributed by atoms with van der Waals surface area (Å²) in [6, 6.07) is 12.5. The number of carbonyl (C=O) groups excluding carboxylic acids is 1. The van der Waals surface area contributed by atoms with Gasteiger partial charge in [-0.2, -0.15) is 0 Å². The molecular formula is C23H32O3. The molecule has 2 aromatic rings. The van der Waals surface area contributed by atoms with Gasteiger partial charge in [0.2, 0.25) is 0 Å². The Bertz CT molecular complexity index is 650. The third-order valence-corrected chi connectivity index (χ3v) is 4.52. The summed E-state index contributed by atoms with van der Waals surface area (Å²) in [5.74, 6) is 0.623. The van der Waals surface area contributed by atoms with E-state index in [2.05, 4.69) is 6.92 Å². The van der Waals surface area contributed by atoms with Crippen molar-refractivity contribution in [2.24, 2.45) is 0 Å². The third kappa shape index (κ3) is 8.19. The molecule has 0 unspecified atom stereocenters. The van der Waals surface area contributed by atoms with Crippen molar-refractivity contribution in [3.05, 3.63) is 59.2 Å². The maximum Gasteiger partial charge on any atom is 0.150 e. The van der Waals surface area contributed by atoms with Gasteiger partial charge in [0.25, 0.3) is 0 Å². The van der Waals surface area contributed by atoms with Crippen LogP contribution in [0.3, 0.4) is 0 Å². The van der Waals surface area contributed by atoms with Crippen LogP contribution in [0.5, 0.6) is 11.5 Å². The summed E-state index contributed by atoms with van der Waals surface area (Å²) in [6.45, 7) is 3.96. The highest BCUT2D eigenvalue weighted by Crippen LogP contribution is 2.19. The summed E-state index contributed by atoms with van der Waals surface area (Å²) < 4.78 is 0. The Hall–Kier alpha value is -2.29. The van der Waals surface area contributed by atoms with Crippen molar-refractivity contribution >= 4 is 6.29 Å². The molecule has 0 fully saturated rings. The van der Waals surface area contributed by atoms with E-state index in [9.17, 15) is 9.90 Å². The summed E-state index contributed by atoms with van der Waals surface area (Å²) in [6.07, 6.45) is 11.0. The van der Waals surface area contributed by atoms with E-state index in [-0.39, 0.29) is 5.75 Å². The van der Waals surface area contributed by atoms with Crippen LogP contribution in [0.15, 0.2) is 42.5 Å². The second-order valence-corrected chi connectivity index (χ2v) is 6.61. The summed E-state index contributed by atoms with van der Waals surface area (Å²) in [5.41, 5.74) is 2.27. The van der Waals surface area contributed by atoms with E-state index in [1.807, 2.05) is 18.2 Å². The first-order valence-electron chi connectivity index (χ1n) is 9.60. The van der Waals surface area contributed by atoms with Crippen molar-refractivity contribution in [3.8, 4) is 11.5 Å². The van der Waals surface area contributed by atoms with Crippen LogP contribution >= 0.6 is 0 Å². The summed E-state index contributed by atoms with van der Waals surface area (Å²) in [4.78, 5) is 10.3. The zero-order chi connectivity index (χ0) is 19.2. The van der Waals surface area contributed by atoms with Gasteiger partial charge in [0.05, 0.1) is 0 Å². The van der Waals surface area contributed by atoms with Crippen LogP contribution in [-0.2, 0) is 6.42 Å². The minimum absolute atomic E-state index is 0.171. The molecular weight excluding hydrogens is 324 g/mol. The molecule has 0 saturated heterocycles. The SMILES string of the molecule is CCCCCCCCCc1ccccc1O.Cc1c(O)cccc1C=O. The number of hydrogen-bond acceptors (Lipinski definition) is 3. The van der Waals surface area contributed by atoms with E-state index < -0.39 is 0 Å². The molecule has 3 nitrogen and oxygen atoms in total. The van der Waals surface area contributed by atoms with Crippen LogP contribution in [0.2, 0.25) is 0 Å². The minimum atomic E-state index is 0.171. The fourth-order valence-electron chi connectivity index (χ4n) is 2.76. The first kappa shape index (κ1) is 21.8. The van der Waals surface area contributed by atoms with Crippen molar-refractivity contribution in [3.63, 3.8) is 0 Å². The van der Waals surface area contributed by atoms with E-state index in [4.69, 9.17) is 5.11 Å². The molecule has 0 radical (unpaired) electrons. The van der Waals surface area contributed by atoms with Crippen LogP contribution in [0.25, 0.3) is 0 Å². The number of rotatable bonds is 9. The van der Waals surface area contributed by atoms with Crippen LogP contribution in [0, 0.1) is 6.92 Å². The average Bonchev–Trinajstić information content (AvgIpc) is 2.65. The Kier molecular flexibility index (Phi) is 10.9. The van der Waals surface area contributed by atoms with Crippen molar-refractivity contribution in [2.75, 3.05) is 0 Å². The second-order valence-electron chi connectivity index (χ2n) is 6.61. The molecule has 2 rings (SSSR count). The Balaban J connectivity index is 0.000000289. The largest absolute Gasteiger partial charge is 0.508 e. The normalized spacial score (nSPS) is 10.1. The summed E-state index contributed by atoms with van der Waals surface area (Å²) in [7, 11) is 0. The van der Waals surface area contributed by atoms with Gasteiger partial charge in [0, 0.05) is 11.1 Å². The van der Waals surface area contributed by atoms with Gasteiger partial charge in [-0.3, -0.25) is 4.79 Å². The molecule has 0 heterocycles. The van der Waals surface area contributed by atoms with Gasteiger partial charge in [-0.05, 0) is 37.5 Å². The Morgan fingerprint density at radius 3 is 2.04 bits per heavy atom. The standard InChI is InChI=1S/C15H24O.C8H8O2/c1-2-3-4-5-6-7-8-11-14-12-9-10-13-15(14)16;1-6-7(5-9)3-2-4-8(6)10/h9-10,12-13,16H,2-8,11H2,1H3;2-5,10H,1H3. The fourth-order valence-corrected chi connectivity index (χ4v) is 2.76. The van der Waals surface area contributed by atoms with Crippen LogP contribution < -0.4 is 0 Å². The molecule has 0 aliphatic rings. The van der Waals surface area contributed by atoms with Gasteiger partial charge in [0.1, 0.15) is 17.8 Å². The van der Waals surface area contributed by atoms with Gasteiger partial charge in [-0.15, -0.1) is 0 Å². The molecule has 26 heavy (non-hydrogen) atoms. The highest BCUT2D eigenvalue weighted by Gasteiger charge is 1.99. The molecule has 2 aromatic carbocycles. The van der Waals surface area contributed by atoms with E-state index >= 15 is 0 Å². The lowest BCUT2D eigenvalue weighted by Gasteiger charge is -2.04. The average molecular weight is 357 g/mol. The summed E-state index contributed by atoms with van der Waals surface area (Å²) >= 11 is 0. The topological polar surface area (TPSA) is 57.5 Å². The lowest BCUT2D eigenvalue weighted by molar-refractivity contribution is 0.112. The fraction of sp³-hybridized carbons (Fsp3) is 0.435. The Morgan fingerprint density at radius 2 is 1.42 bits per heavy atom. The molecule has 0 bridgehead atoms. The van der Waals surface area contributed by atoms with Crippen molar-refractivity contribution < 1.29 is 15.0 Å². The number of phenolic OH excluding ortho intramolecular Hbond substituents is 2. The zero-order valence-corrected chi connectivity index (χ0v) is 16.1. The maximum absolute atomic E-state index is 10.3. The Morgan fingerprint density at radius 1 is 0.808 bits per heavy atom. The lowest BCUT2D eigenvalue weighted by Crippen LogP contribution is -1.87. The Labute approximate surface area is 157 Å². The predicted octanol–water partition coefficient (Wildman–Crippen LogP) is 6.20. The molecule has 2 N–H and O–H groups in total. The number of phenols is 2. The first-order valence-corrected chi connectivity index (χ1v) is 9.60. The van der Waals surface area contributed by atoms with E-state index in [0.717, 1.165) is 18.3 Å². The third-order valence-electron chi connectivity index (χ3n) is 4.52. The van der Waals surface area contributed by atoms with E-state index in [0.29, 0.717) is 16.9 Å². The number of carbonyl (C=O) groups is 1. The van der Waals surface area contributed by atoms with Crippen molar-refractivity contribution in [1.29, 1.82) is 0 Å². The molecule has 3 heteroatoms. The van der Waals surface area contributed by atoms with Crippen molar-refractivity contribution in [1.82, 2.24) is 0 Å². The monoisotopic (exact) mass is 356 g/mol. The van der Waals surface area contributed by atoms with Crippen LogP contribution in [-0.4, -0.2) is 16.5 Å². The lowest BCUT2D eigenvalue weighted by atomic mass is 10.0. The molecule has 0 aliphatic heterocycles. The quantitative estimate of drug-likeness (QED) is 0.415. The summed E-state index contributed by atoms with van der Waals surface area (Å²) in [5, 5.41) is 18.7. The van der Waals surface area contributed by atoms with E-state index in [1.54, 1.807) is 31.2 Å². The van der Waals surface area contributed by atoms with Crippen LogP contribution in [0.1, 0.15) is 73.4 Å². The van der Waals surface area contributed by atoms with E-state index in [1.165, 1.54) is 44.9 Å². The first-order chi connectivity index (χ1) is 12.6. The molecule has 0 saturated carbocycles. The van der Waals surface area contributed by atoms with Gasteiger partial charge in [-0.1, -0.05) is 75.8 Å². The van der Waals surface area contributed by atoms with Gasteiger partial charge < -0.3 is 10.2 Å². The zero-order valence-electron chi connectivity index (χ0n) is 16.1. The highest BCUT2D eigenvalue weighted by atomic mass is 16.3. The number of benzene rings is 2. The van der Waals surface area contributed by atoms with Gasteiger partial charge in [-0.25, -0.2) is 0 Å². The number of hydrogen-bond donors (Lipinski definition) is 2. The molecule has 0 aliphatic carbocycles.